The molecule has 0 bridgehead atoms. The standard InChI is InChI=1S/C13H16FNO3S/c1-3-13(16)15(8-9-19(17,18)4-2)12-7-5-6-11(14)10-12/h5-10H,3-4H2,1-2H3. The molecule has 1 rings (SSSR count). The number of halogens is 1. The molecule has 0 aliphatic rings. The van der Waals surface area contributed by atoms with E-state index in [1.807, 2.05) is 0 Å². The van der Waals surface area contributed by atoms with Gasteiger partial charge in [0.2, 0.25) is 5.91 Å². The van der Waals surface area contributed by atoms with Gasteiger partial charge >= 0.3 is 0 Å². The maximum absolute atomic E-state index is 13.2. The number of benzene rings is 1. The first-order valence-electron chi connectivity index (χ1n) is 5.88. The number of hydrogen-bond donors (Lipinski definition) is 0. The van der Waals surface area contributed by atoms with Crippen LogP contribution in [-0.2, 0) is 14.6 Å². The average Bonchev–Trinajstić information content (AvgIpc) is 2.38. The summed E-state index contributed by atoms with van der Waals surface area (Å²) in [6, 6.07) is 5.43. The highest BCUT2D eigenvalue weighted by molar-refractivity contribution is 7.94. The monoisotopic (exact) mass is 285 g/mol. The number of carbonyl (C=O) groups is 1. The molecule has 1 aromatic carbocycles. The van der Waals surface area contributed by atoms with Gasteiger partial charge in [-0.2, -0.15) is 0 Å². The van der Waals surface area contributed by atoms with Crippen molar-refractivity contribution in [2.24, 2.45) is 0 Å². The van der Waals surface area contributed by atoms with Crippen molar-refractivity contribution < 1.29 is 17.6 Å². The Kier molecular flexibility index (Phi) is 5.23. The molecule has 0 aromatic heterocycles. The van der Waals surface area contributed by atoms with Gasteiger partial charge in [0.05, 0.1) is 11.4 Å². The molecule has 19 heavy (non-hydrogen) atoms. The number of rotatable bonds is 5. The van der Waals surface area contributed by atoms with Crippen LogP contribution in [0.2, 0.25) is 0 Å². The van der Waals surface area contributed by atoms with Crippen LogP contribution in [0.15, 0.2) is 35.9 Å². The quantitative estimate of drug-likeness (QED) is 0.835. The molecule has 0 spiro atoms. The molecule has 4 nitrogen and oxygen atoms in total. The number of hydrogen-bond acceptors (Lipinski definition) is 3. The van der Waals surface area contributed by atoms with Crippen LogP contribution in [0.5, 0.6) is 0 Å². The number of sulfone groups is 1. The maximum Gasteiger partial charge on any atom is 0.230 e. The Labute approximate surface area is 112 Å². The first kappa shape index (κ1) is 15.4. The van der Waals surface area contributed by atoms with Gasteiger partial charge in [0.15, 0.2) is 9.84 Å². The zero-order chi connectivity index (χ0) is 14.5. The van der Waals surface area contributed by atoms with Crippen molar-refractivity contribution in [3.05, 3.63) is 41.7 Å². The van der Waals surface area contributed by atoms with Crippen molar-refractivity contribution >= 4 is 21.4 Å². The second kappa shape index (κ2) is 6.47. The summed E-state index contributed by atoms with van der Waals surface area (Å²) in [5, 5.41) is 0.964. The minimum atomic E-state index is -3.34. The molecule has 6 heteroatoms. The molecule has 0 atom stereocenters. The normalized spacial score (nSPS) is 11.7. The van der Waals surface area contributed by atoms with E-state index in [1.165, 1.54) is 31.3 Å². The van der Waals surface area contributed by atoms with Crippen LogP contribution in [0.4, 0.5) is 10.1 Å². The molecule has 0 saturated heterocycles. The molecule has 0 unspecified atom stereocenters. The maximum atomic E-state index is 13.2. The Morgan fingerprint density at radius 2 is 2.05 bits per heavy atom. The Morgan fingerprint density at radius 1 is 1.37 bits per heavy atom. The van der Waals surface area contributed by atoms with Gasteiger partial charge in [-0.25, -0.2) is 12.8 Å². The smallest absolute Gasteiger partial charge is 0.230 e. The fraction of sp³-hybridized carbons (Fsp3) is 0.308. The zero-order valence-corrected chi connectivity index (χ0v) is 11.7. The Hall–Kier alpha value is -1.69. The predicted molar refractivity (Wildman–Crippen MR) is 72.8 cm³/mol. The van der Waals surface area contributed by atoms with Crippen LogP contribution in [0.1, 0.15) is 20.3 Å². The van der Waals surface area contributed by atoms with Crippen molar-refractivity contribution in [3.8, 4) is 0 Å². The van der Waals surface area contributed by atoms with Crippen molar-refractivity contribution in [2.45, 2.75) is 20.3 Å². The molecule has 0 saturated carbocycles. The average molecular weight is 285 g/mol. The van der Waals surface area contributed by atoms with E-state index in [0.717, 1.165) is 10.3 Å². The van der Waals surface area contributed by atoms with Gasteiger partial charge in [0.25, 0.3) is 0 Å². The van der Waals surface area contributed by atoms with E-state index in [1.54, 1.807) is 13.0 Å². The van der Waals surface area contributed by atoms with E-state index in [0.29, 0.717) is 5.69 Å². The molecule has 104 valence electrons. The fourth-order valence-electron chi connectivity index (χ4n) is 1.36. The Bertz CT molecular complexity index is 581. The molecule has 0 aliphatic heterocycles. The van der Waals surface area contributed by atoms with Gasteiger partial charge in [-0.15, -0.1) is 0 Å². The van der Waals surface area contributed by atoms with Crippen LogP contribution in [0.3, 0.4) is 0 Å². The summed E-state index contributed by atoms with van der Waals surface area (Å²) in [6.45, 7) is 3.16. The van der Waals surface area contributed by atoms with Crippen molar-refractivity contribution in [2.75, 3.05) is 10.7 Å². The van der Waals surface area contributed by atoms with E-state index < -0.39 is 15.7 Å². The first-order valence-corrected chi connectivity index (χ1v) is 7.59. The highest BCUT2D eigenvalue weighted by atomic mass is 32.2. The van der Waals surface area contributed by atoms with E-state index in [4.69, 9.17) is 0 Å². The van der Waals surface area contributed by atoms with Crippen LogP contribution in [0, 0.1) is 5.82 Å². The van der Waals surface area contributed by atoms with Crippen LogP contribution in [0.25, 0.3) is 0 Å². The lowest BCUT2D eigenvalue weighted by Crippen LogP contribution is -2.24. The Morgan fingerprint density at radius 3 is 2.58 bits per heavy atom. The minimum absolute atomic E-state index is 0.0548. The topological polar surface area (TPSA) is 54.5 Å². The predicted octanol–water partition coefficient (Wildman–Crippen LogP) is 2.47. The van der Waals surface area contributed by atoms with Gasteiger partial charge in [0.1, 0.15) is 5.82 Å². The van der Waals surface area contributed by atoms with E-state index in [-0.39, 0.29) is 18.1 Å². The molecule has 1 aromatic rings. The largest absolute Gasteiger partial charge is 0.287 e. The second-order valence-electron chi connectivity index (χ2n) is 3.83. The fourth-order valence-corrected chi connectivity index (χ4v) is 1.86. The SMILES string of the molecule is CCC(=O)N(C=CS(=O)(=O)CC)c1cccc(F)c1. The number of carbonyl (C=O) groups excluding carboxylic acids is 1. The summed E-state index contributed by atoms with van der Waals surface area (Å²) in [7, 11) is -3.34. The molecular weight excluding hydrogens is 269 g/mol. The van der Waals surface area contributed by atoms with Crippen molar-refractivity contribution in [1.82, 2.24) is 0 Å². The lowest BCUT2D eigenvalue weighted by molar-refractivity contribution is -0.117. The summed E-state index contributed by atoms with van der Waals surface area (Å²) in [4.78, 5) is 12.9. The number of anilines is 1. The summed E-state index contributed by atoms with van der Waals surface area (Å²) in [6.07, 6.45) is 1.35. The van der Waals surface area contributed by atoms with Gasteiger partial charge in [0, 0.05) is 18.0 Å². The first-order chi connectivity index (χ1) is 8.89. The van der Waals surface area contributed by atoms with Gasteiger partial charge < -0.3 is 0 Å². The highest BCUT2D eigenvalue weighted by Crippen LogP contribution is 2.17. The van der Waals surface area contributed by atoms with Crippen molar-refractivity contribution in [1.29, 1.82) is 0 Å². The van der Waals surface area contributed by atoms with Gasteiger partial charge in [-0.1, -0.05) is 19.9 Å². The number of nitrogens with zero attached hydrogens (tertiary/aromatic N) is 1. The zero-order valence-electron chi connectivity index (χ0n) is 10.8. The lowest BCUT2D eigenvalue weighted by Gasteiger charge is -2.17. The molecule has 0 radical (unpaired) electrons. The lowest BCUT2D eigenvalue weighted by atomic mass is 10.2. The van der Waals surface area contributed by atoms with E-state index in [9.17, 15) is 17.6 Å². The summed E-state index contributed by atoms with van der Waals surface area (Å²) < 4.78 is 36.0. The van der Waals surface area contributed by atoms with E-state index >= 15 is 0 Å². The van der Waals surface area contributed by atoms with E-state index in [2.05, 4.69) is 0 Å². The van der Waals surface area contributed by atoms with Gasteiger partial charge in [-0.3, -0.25) is 9.69 Å². The molecule has 0 aliphatic carbocycles. The third-order valence-electron chi connectivity index (χ3n) is 2.48. The minimum Gasteiger partial charge on any atom is -0.287 e. The molecule has 1 amide bonds. The molecule has 0 N–H and O–H groups in total. The Balaban J connectivity index is 3.13. The van der Waals surface area contributed by atoms with Crippen LogP contribution < -0.4 is 4.90 Å². The molecule has 0 heterocycles. The second-order valence-corrected chi connectivity index (χ2v) is 6.01. The third kappa shape index (κ3) is 4.48. The third-order valence-corrected chi connectivity index (χ3v) is 3.82. The van der Waals surface area contributed by atoms with Crippen LogP contribution >= 0.6 is 0 Å². The summed E-state index contributed by atoms with van der Waals surface area (Å²) >= 11 is 0. The van der Waals surface area contributed by atoms with Crippen LogP contribution in [-0.4, -0.2) is 20.1 Å². The summed E-state index contributed by atoms with van der Waals surface area (Å²) in [5.41, 5.74) is 0.300. The molecule has 0 fully saturated rings. The number of amides is 1. The molecular formula is C13H16FNO3S. The van der Waals surface area contributed by atoms with Gasteiger partial charge in [-0.05, 0) is 18.2 Å². The summed E-state index contributed by atoms with van der Waals surface area (Å²) in [5.74, 6) is -0.854. The van der Waals surface area contributed by atoms with Crippen molar-refractivity contribution in [3.63, 3.8) is 0 Å². The highest BCUT2D eigenvalue weighted by Gasteiger charge is 2.13.